The minimum absolute atomic E-state index is 0.393. The van der Waals surface area contributed by atoms with Crippen LogP contribution in [0, 0.1) is 0 Å². The summed E-state index contributed by atoms with van der Waals surface area (Å²) in [5, 5.41) is 6.38. The van der Waals surface area contributed by atoms with Crippen LogP contribution in [0.4, 0.5) is 11.8 Å². The van der Waals surface area contributed by atoms with Crippen LogP contribution in [0.3, 0.4) is 0 Å². The SMILES string of the molecule is CCCNc1nccc(NC(C)C)n1. The molecule has 4 heteroatoms. The molecule has 1 rings (SSSR count). The Morgan fingerprint density at radius 3 is 2.86 bits per heavy atom. The van der Waals surface area contributed by atoms with Crippen molar-refractivity contribution in [2.45, 2.75) is 33.2 Å². The van der Waals surface area contributed by atoms with Gasteiger partial charge < -0.3 is 10.6 Å². The Morgan fingerprint density at radius 1 is 1.43 bits per heavy atom. The molecule has 14 heavy (non-hydrogen) atoms. The zero-order valence-electron chi connectivity index (χ0n) is 9.04. The van der Waals surface area contributed by atoms with Gasteiger partial charge in [0.1, 0.15) is 5.82 Å². The van der Waals surface area contributed by atoms with Crippen molar-refractivity contribution in [1.82, 2.24) is 9.97 Å². The molecule has 0 aliphatic carbocycles. The van der Waals surface area contributed by atoms with Crippen molar-refractivity contribution in [3.8, 4) is 0 Å². The third-order valence-corrected chi connectivity index (χ3v) is 1.63. The quantitative estimate of drug-likeness (QED) is 0.753. The van der Waals surface area contributed by atoms with Crippen LogP contribution in [-0.2, 0) is 0 Å². The van der Waals surface area contributed by atoms with E-state index in [-0.39, 0.29) is 0 Å². The normalized spacial score (nSPS) is 10.3. The summed E-state index contributed by atoms with van der Waals surface area (Å²) in [6.45, 7) is 7.19. The summed E-state index contributed by atoms with van der Waals surface area (Å²) in [4.78, 5) is 8.44. The number of nitrogens with zero attached hydrogens (tertiary/aromatic N) is 2. The first-order chi connectivity index (χ1) is 6.72. The molecule has 78 valence electrons. The first-order valence-electron chi connectivity index (χ1n) is 5.06. The lowest BCUT2D eigenvalue weighted by Crippen LogP contribution is -2.12. The van der Waals surface area contributed by atoms with E-state index in [0.29, 0.717) is 12.0 Å². The number of hydrogen-bond donors (Lipinski definition) is 2. The molecule has 1 aromatic rings. The van der Waals surface area contributed by atoms with Crippen molar-refractivity contribution in [2.75, 3.05) is 17.2 Å². The Kier molecular flexibility index (Phi) is 4.16. The van der Waals surface area contributed by atoms with Crippen molar-refractivity contribution >= 4 is 11.8 Å². The molecule has 0 saturated carbocycles. The standard InChI is InChI=1S/C10H18N4/c1-4-6-11-10-12-7-5-9(14-10)13-8(2)3/h5,7-8H,4,6H2,1-3H3,(H2,11,12,13,14). The van der Waals surface area contributed by atoms with E-state index < -0.39 is 0 Å². The Balaban J connectivity index is 2.59. The highest BCUT2D eigenvalue weighted by Gasteiger charge is 1.98. The molecule has 1 aromatic heterocycles. The predicted molar refractivity (Wildman–Crippen MR) is 59.6 cm³/mol. The molecule has 0 spiro atoms. The van der Waals surface area contributed by atoms with Gasteiger partial charge in [0.2, 0.25) is 5.95 Å². The zero-order chi connectivity index (χ0) is 10.4. The second-order valence-electron chi connectivity index (χ2n) is 3.49. The average molecular weight is 194 g/mol. The van der Waals surface area contributed by atoms with Crippen LogP contribution >= 0.6 is 0 Å². The fraction of sp³-hybridized carbons (Fsp3) is 0.600. The Hall–Kier alpha value is -1.32. The summed E-state index contributed by atoms with van der Waals surface area (Å²) in [6, 6.07) is 2.26. The molecule has 0 aliphatic rings. The molecule has 0 saturated heterocycles. The van der Waals surface area contributed by atoms with Crippen molar-refractivity contribution in [3.05, 3.63) is 12.3 Å². The van der Waals surface area contributed by atoms with E-state index in [0.717, 1.165) is 18.8 Å². The van der Waals surface area contributed by atoms with E-state index in [1.807, 2.05) is 6.07 Å². The van der Waals surface area contributed by atoms with Gasteiger partial charge in [-0.05, 0) is 26.3 Å². The Labute approximate surface area is 85.2 Å². The highest BCUT2D eigenvalue weighted by molar-refractivity contribution is 5.39. The first-order valence-corrected chi connectivity index (χ1v) is 5.06. The van der Waals surface area contributed by atoms with Crippen molar-refractivity contribution < 1.29 is 0 Å². The maximum Gasteiger partial charge on any atom is 0.224 e. The van der Waals surface area contributed by atoms with Gasteiger partial charge in [0, 0.05) is 18.8 Å². The molecule has 1 heterocycles. The van der Waals surface area contributed by atoms with Crippen molar-refractivity contribution in [2.24, 2.45) is 0 Å². The third-order valence-electron chi connectivity index (χ3n) is 1.63. The lowest BCUT2D eigenvalue weighted by atomic mass is 10.4. The predicted octanol–water partition coefficient (Wildman–Crippen LogP) is 2.12. The van der Waals surface area contributed by atoms with Crippen LogP contribution < -0.4 is 10.6 Å². The van der Waals surface area contributed by atoms with Crippen LogP contribution in [0.5, 0.6) is 0 Å². The monoisotopic (exact) mass is 194 g/mol. The molecule has 2 N–H and O–H groups in total. The Morgan fingerprint density at radius 2 is 2.21 bits per heavy atom. The zero-order valence-corrected chi connectivity index (χ0v) is 9.04. The molecule has 0 aliphatic heterocycles. The summed E-state index contributed by atoms with van der Waals surface area (Å²) in [7, 11) is 0. The van der Waals surface area contributed by atoms with Crippen LogP contribution in [0.1, 0.15) is 27.2 Å². The molecule has 0 aromatic carbocycles. The fourth-order valence-corrected chi connectivity index (χ4v) is 1.06. The van der Waals surface area contributed by atoms with Gasteiger partial charge in [-0.15, -0.1) is 0 Å². The molecular formula is C10H18N4. The maximum atomic E-state index is 4.32. The summed E-state index contributed by atoms with van der Waals surface area (Å²) in [6.07, 6.45) is 2.83. The van der Waals surface area contributed by atoms with Crippen molar-refractivity contribution in [1.29, 1.82) is 0 Å². The first kappa shape index (κ1) is 10.8. The number of rotatable bonds is 5. The van der Waals surface area contributed by atoms with Gasteiger partial charge in [0.05, 0.1) is 0 Å². The molecule has 0 atom stereocenters. The highest BCUT2D eigenvalue weighted by atomic mass is 15.1. The molecular weight excluding hydrogens is 176 g/mol. The molecule has 0 bridgehead atoms. The smallest absolute Gasteiger partial charge is 0.224 e. The summed E-state index contributed by atoms with van der Waals surface area (Å²) >= 11 is 0. The van der Waals surface area contributed by atoms with Gasteiger partial charge >= 0.3 is 0 Å². The van der Waals surface area contributed by atoms with Crippen LogP contribution in [-0.4, -0.2) is 22.6 Å². The van der Waals surface area contributed by atoms with E-state index in [1.54, 1.807) is 6.20 Å². The van der Waals surface area contributed by atoms with E-state index in [2.05, 4.69) is 41.4 Å². The Bertz CT molecular complexity index is 273. The lowest BCUT2D eigenvalue weighted by Gasteiger charge is -2.09. The van der Waals surface area contributed by atoms with Crippen LogP contribution in [0.2, 0.25) is 0 Å². The topological polar surface area (TPSA) is 49.8 Å². The summed E-state index contributed by atoms with van der Waals surface area (Å²) < 4.78 is 0. The third kappa shape index (κ3) is 3.60. The summed E-state index contributed by atoms with van der Waals surface area (Å²) in [5.74, 6) is 1.56. The maximum absolute atomic E-state index is 4.32. The fourth-order valence-electron chi connectivity index (χ4n) is 1.06. The molecule has 4 nitrogen and oxygen atoms in total. The number of anilines is 2. The van der Waals surface area contributed by atoms with E-state index in [9.17, 15) is 0 Å². The van der Waals surface area contributed by atoms with E-state index in [4.69, 9.17) is 0 Å². The van der Waals surface area contributed by atoms with Crippen LogP contribution in [0.25, 0.3) is 0 Å². The van der Waals surface area contributed by atoms with Crippen molar-refractivity contribution in [3.63, 3.8) is 0 Å². The van der Waals surface area contributed by atoms with Gasteiger partial charge in [0.25, 0.3) is 0 Å². The molecule has 0 radical (unpaired) electrons. The van der Waals surface area contributed by atoms with E-state index in [1.165, 1.54) is 0 Å². The van der Waals surface area contributed by atoms with Gasteiger partial charge in [-0.25, -0.2) is 4.98 Å². The largest absolute Gasteiger partial charge is 0.368 e. The molecule has 0 fully saturated rings. The minimum atomic E-state index is 0.393. The lowest BCUT2D eigenvalue weighted by molar-refractivity contribution is 0.883. The van der Waals surface area contributed by atoms with Gasteiger partial charge in [0.15, 0.2) is 0 Å². The molecule has 0 unspecified atom stereocenters. The molecule has 0 amide bonds. The highest BCUT2D eigenvalue weighted by Crippen LogP contribution is 2.06. The minimum Gasteiger partial charge on any atom is -0.368 e. The van der Waals surface area contributed by atoms with Gasteiger partial charge in [-0.2, -0.15) is 4.98 Å². The van der Waals surface area contributed by atoms with E-state index >= 15 is 0 Å². The second-order valence-corrected chi connectivity index (χ2v) is 3.49. The number of nitrogens with one attached hydrogen (secondary N) is 2. The van der Waals surface area contributed by atoms with Gasteiger partial charge in [-0.1, -0.05) is 6.92 Å². The van der Waals surface area contributed by atoms with Crippen LogP contribution in [0.15, 0.2) is 12.3 Å². The average Bonchev–Trinajstić information content (AvgIpc) is 2.14. The number of aromatic nitrogens is 2. The summed E-state index contributed by atoms with van der Waals surface area (Å²) in [5.41, 5.74) is 0. The second kappa shape index (κ2) is 5.42. The number of hydrogen-bond acceptors (Lipinski definition) is 4. The van der Waals surface area contributed by atoms with Gasteiger partial charge in [-0.3, -0.25) is 0 Å².